The van der Waals surface area contributed by atoms with E-state index in [0.29, 0.717) is 5.69 Å². The normalized spacial score (nSPS) is 8.94. The van der Waals surface area contributed by atoms with Crippen LogP contribution in [0.15, 0.2) is 44.7 Å². The minimum absolute atomic E-state index is 0. The summed E-state index contributed by atoms with van der Waals surface area (Å²) in [6.07, 6.45) is 0. The van der Waals surface area contributed by atoms with Crippen LogP contribution < -0.4 is 76.2 Å². The van der Waals surface area contributed by atoms with Gasteiger partial charge in [0.15, 0.2) is 0 Å². The zero-order valence-electron chi connectivity index (χ0n) is 11.6. The molecule has 0 fully saturated rings. The van der Waals surface area contributed by atoms with Crippen molar-refractivity contribution >= 4 is 0 Å². The van der Waals surface area contributed by atoms with Gasteiger partial charge in [-0.05, 0) is 12.1 Å². The molecular weight excluding hydrogens is 244 g/mol. The number of nitrogens with zero attached hydrogens (tertiary/aromatic N) is 1. The number of nitrogens with one attached hydrogen (secondary N) is 2. The number of benzene rings is 1. The van der Waals surface area contributed by atoms with E-state index in [9.17, 15) is 14.4 Å². The summed E-state index contributed by atoms with van der Waals surface area (Å²) in [5.74, 6) is 0. The Hall–Kier alpha value is -0.370. The molecule has 6 nitrogen and oxygen atoms in total. The zero-order valence-corrected chi connectivity index (χ0v) is 13.6. The third-order valence-corrected chi connectivity index (χ3v) is 1.86. The predicted octanol–water partition coefficient (Wildman–Crippen LogP) is -6.55. The predicted molar refractivity (Wildman–Crippen MR) is 55.5 cm³/mol. The molecule has 2 aromatic rings. The molecular formula is C9H9N3Na2O3. The Morgan fingerprint density at radius 1 is 0.882 bits per heavy atom. The van der Waals surface area contributed by atoms with E-state index in [4.69, 9.17) is 0 Å². The van der Waals surface area contributed by atoms with Gasteiger partial charge in [0, 0.05) is 0 Å². The summed E-state index contributed by atoms with van der Waals surface area (Å²) in [4.78, 5) is 37.4. The maximum atomic E-state index is 11.3. The Morgan fingerprint density at radius 2 is 1.35 bits per heavy atom. The molecule has 0 spiro atoms. The second-order valence-corrected chi connectivity index (χ2v) is 2.86. The molecule has 0 unspecified atom stereocenters. The van der Waals surface area contributed by atoms with Crippen molar-refractivity contribution in [3.8, 4) is 5.69 Å². The van der Waals surface area contributed by atoms with Crippen LogP contribution in [0.1, 0.15) is 2.85 Å². The van der Waals surface area contributed by atoms with Gasteiger partial charge in [-0.15, -0.1) is 0 Å². The second kappa shape index (κ2) is 7.15. The topological polar surface area (TPSA) is 87.7 Å². The first kappa shape index (κ1) is 16.6. The van der Waals surface area contributed by atoms with Crippen molar-refractivity contribution in [3.05, 3.63) is 61.8 Å². The van der Waals surface area contributed by atoms with Gasteiger partial charge in [-0.1, -0.05) is 18.2 Å². The fourth-order valence-electron chi connectivity index (χ4n) is 1.24. The van der Waals surface area contributed by atoms with Gasteiger partial charge in [0.1, 0.15) is 0 Å². The van der Waals surface area contributed by atoms with E-state index in [2.05, 4.69) is 0 Å². The number of para-hydroxylation sites is 1. The summed E-state index contributed by atoms with van der Waals surface area (Å²) in [5.41, 5.74) is -1.91. The maximum Gasteiger partial charge on any atom is 1.00 e. The Morgan fingerprint density at radius 3 is 1.82 bits per heavy atom. The molecule has 0 aliphatic heterocycles. The van der Waals surface area contributed by atoms with E-state index >= 15 is 0 Å². The molecule has 0 aliphatic carbocycles. The van der Waals surface area contributed by atoms with Gasteiger partial charge < -0.3 is 2.85 Å². The van der Waals surface area contributed by atoms with Crippen LogP contribution >= 0.6 is 0 Å². The van der Waals surface area contributed by atoms with Gasteiger partial charge in [-0.2, -0.15) is 0 Å². The molecule has 0 radical (unpaired) electrons. The fraction of sp³-hybridized carbons (Fsp3) is 0. The van der Waals surface area contributed by atoms with Crippen molar-refractivity contribution in [1.82, 2.24) is 14.5 Å². The van der Waals surface area contributed by atoms with Crippen molar-refractivity contribution in [2.75, 3.05) is 0 Å². The molecule has 2 rings (SSSR count). The fourth-order valence-corrected chi connectivity index (χ4v) is 1.24. The number of hydrogen-bond acceptors (Lipinski definition) is 3. The van der Waals surface area contributed by atoms with Crippen LogP contribution in [0.5, 0.6) is 0 Å². The number of hydrogen-bond donors (Lipinski definition) is 2. The number of aromatic amines is 2. The number of H-pyrrole nitrogens is 2. The standard InChI is InChI=1S/C9H7N3O3.2Na.2H/c13-7-10-8(14)12(9(15)11-7)6-4-2-1-3-5-6;;;;/h1-5H,(H2,10,11,13,14,15);;;;/q;2*+1;2*-1. The van der Waals surface area contributed by atoms with Crippen LogP contribution in [0.25, 0.3) is 5.69 Å². The summed E-state index contributed by atoms with van der Waals surface area (Å²) >= 11 is 0. The first-order valence-corrected chi connectivity index (χ1v) is 4.19. The zero-order chi connectivity index (χ0) is 10.8. The van der Waals surface area contributed by atoms with Gasteiger partial charge in [-0.3, -0.25) is 9.97 Å². The van der Waals surface area contributed by atoms with Crippen LogP contribution in [0.3, 0.4) is 0 Å². The van der Waals surface area contributed by atoms with Crippen LogP contribution in [0.2, 0.25) is 0 Å². The van der Waals surface area contributed by atoms with Gasteiger partial charge in [0.2, 0.25) is 0 Å². The van der Waals surface area contributed by atoms with E-state index in [1.807, 2.05) is 9.97 Å². The van der Waals surface area contributed by atoms with Crippen molar-refractivity contribution in [2.45, 2.75) is 0 Å². The molecule has 0 atom stereocenters. The molecule has 1 heterocycles. The third-order valence-electron chi connectivity index (χ3n) is 1.86. The van der Waals surface area contributed by atoms with Crippen LogP contribution in [-0.4, -0.2) is 14.5 Å². The Kier molecular flexibility index (Phi) is 6.99. The van der Waals surface area contributed by atoms with Gasteiger partial charge >= 0.3 is 76.2 Å². The quantitative estimate of drug-likeness (QED) is 0.495. The monoisotopic (exact) mass is 253 g/mol. The van der Waals surface area contributed by atoms with Crippen molar-refractivity contribution in [2.24, 2.45) is 0 Å². The molecule has 1 aromatic carbocycles. The van der Waals surface area contributed by atoms with Crippen molar-refractivity contribution in [1.29, 1.82) is 0 Å². The van der Waals surface area contributed by atoms with E-state index in [1.165, 1.54) is 0 Å². The van der Waals surface area contributed by atoms with Crippen molar-refractivity contribution in [3.63, 3.8) is 0 Å². The summed E-state index contributed by atoms with van der Waals surface area (Å²) in [5, 5.41) is 0. The van der Waals surface area contributed by atoms with E-state index < -0.39 is 17.1 Å². The van der Waals surface area contributed by atoms with Crippen molar-refractivity contribution < 1.29 is 62.0 Å². The molecule has 0 bridgehead atoms. The summed E-state index contributed by atoms with van der Waals surface area (Å²) in [6, 6.07) is 8.32. The molecule has 1 aromatic heterocycles. The third kappa shape index (κ3) is 3.80. The first-order chi connectivity index (χ1) is 7.18. The molecule has 80 valence electrons. The summed E-state index contributed by atoms with van der Waals surface area (Å²) in [6.45, 7) is 0. The average molecular weight is 253 g/mol. The average Bonchev–Trinajstić information content (AvgIpc) is 2.17. The smallest absolute Gasteiger partial charge is 1.00 e. The molecule has 0 amide bonds. The molecule has 17 heavy (non-hydrogen) atoms. The van der Waals surface area contributed by atoms with Gasteiger partial charge in [0.25, 0.3) is 0 Å². The van der Waals surface area contributed by atoms with Crippen LogP contribution in [0.4, 0.5) is 0 Å². The van der Waals surface area contributed by atoms with E-state index in [0.717, 1.165) is 4.57 Å². The van der Waals surface area contributed by atoms with E-state index in [-0.39, 0.29) is 62.0 Å². The minimum atomic E-state index is -0.808. The Bertz CT molecular complexity index is 620. The Labute approximate surface area is 143 Å². The van der Waals surface area contributed by atoms with Gasteiger partial charge in [-0.25, -0.2) is 19.0 Å². The maximum absolute atomic E-state index is 11.3. The number of aromatic nitrogens is 3. The van der Waals surface area contributed by atoms with Crippen LogP contribution in [0, 0.1) is 0 Å². The first-order valence-electron chi connectivity index (χ1n) is 4.19. The van der Waals surface area contributed by atoms with Crippen LogP contribution in [-0.2, 0) is 0 Å². The molecule has 0 aliphatic rings. The molecule has 2 N–H and O–H groups in total. The minimum Gasteiger partial charge on any atom is -1.00 e. The molecule has 0 saturated heterocycles. The second-order valence-electron chi connectivity index (χ2n) is 2.86. The van der Waals surface area contributed by atoms with Gasteiger partial charge in [0.05, 0.1) is 5.69 Å². The Balaban J connectivity index is -0.000000640. The summed E-state index contributed by atoms with van der Waals surface area (Å²) < 4.78 is 0.849. The molecule has 0 saturated carbocycles. The summed E-state index contributed by atoms with van der Waals surface area (Å²) in [7, 11) is 0. The molecule has 8 heteroatoms. The largest absolute Gasteiger partial charge is 1.00 e. The SMILES string of the molecule is O=c1[nH]c(=O)n(-c2ccccc2)c(=O)[nH]1.[H-].[H-].[Na+].[Na+]. The number of rotatable bonds is 1. The van der Waals surface area contributed by atoms with E-state index in [1.54, 1.807) is 30.3 Å².